The second-order valence-corrected chi connectivity index (χ2v) is 5.46. The molecule has 2 aromatic rings. The van der Waals surface area contributed by atoms with Gasteiger partial charge in [0.05, 0.1) is 0 Å². The molecule has 126 valence electrons. The number of benzene rings is 2. The van der Waals surface area contributed by atoms with Crippen molar-refractivity contribution in [3.8, 4) is 0 Å². The standard InChI is InChI=1S/C19H23N3O2/c1-20-19(24)22-18(23)17(16-12-6-3-7-13-16)21-14-8-11-15-9-4-2-5-10-15/h2-7,9-10,12-13,17,21H,8,11,14H2,1H3,(H2,20,22,23,24)/t17-/m1/s1. The largest absolute Gasteiger partial charge is 0.341 e. The molecule has 24 heavy (non-hydrogen) atoms. The van der Waals surface area contributed by atoms with Gasteiger partial charge in [0.15, 0.2) is 0 Å². The number of imide groups is 1. The van der Waals surface area contributed by atoms with Gasteiger partial charge in [-0.05, 0) is 30.5 Å². The summed E-state index contributed by atoms with van der Waals surface area (Å²) in [6.45, 7) is 0.676. The van der Waals surface area contributed by atoms with Gasteiger partial charge >= 0.3 is 6.03 Å². The van der Waals surface area contributed by atoms with E-state index >= 15 is 0 Å². The molecule has 1 atom stereocenters. The van der Waals surface area contributed by atoms with Crippen LogP contribution in [0.25, 0.3) is 0 Å². The smallest absolute Gasteiger partial charge is 0.321 e. The fourth-order valence-corrected chi connectivity index (χ4v) is 2.44. The van der Waals surface area contributed by atoms with Crippen LogP contribution >= 0.6 is 0 Å². The molecule has 0 spiro atoms. The van der Waals surface area contributed by atoms with E-state index in [1.807, 2.05) is 48.5 Å². The van der Waals surface area contributed by atoms with Gasteiger partial charge in [-0.15, -0.1) is 0 Å². The second-order valence-electron chi connectivity index (χ2n) is 5.46. The first-order valence-corrected chi connectivity index (χ1v) is 8.05. The summed E-state index contributed by atoms with van der Waals surface area (Å²) in [7, 11) is 1.48. The van der Waals surface area contributed by atoms with Crippen molar-refractivity contribution in [1.82, 2.24) is 16.0 Å². The lowest BCUT2D eigenvalue weighted by atomic mass is 10.1. The lowest BCUT2D eigenvalue weighted by Gasteiger charge is -2.18. The van der Waals surface area contributed by atoms with E-state index in [1.165, 1.54) is 12.6 Å². The van der Waals surface area contributed by atoms with E-state index in [0.29, 0.717) is 6.54 Å². The maximum Gasteiger partial charge on any atom is 0.321 e. The van der Waals surface area contributed by atoms with Gasteiger partial charge < -0.3 is 10.6 Å². The van der Waals surface area contributed by atoms with Gasteiger partial charge in [0.2, 0.25) is 5.91 Å². The molecule has 2 aromatic carbocycles. The van der Waals surface area contributed by atoms with Crippen molar-refractivity contribution in [2.45, 2.75) is 18.9 Å². The zero-order chi connectivity index (χ0) is 17.2. The molecule has 0 aliphatic heterocycles. The minimum absolute atomic E-state index is 0.361. The Morgan fingerprint density at radius 2 is 1.58 bits per heavy atom. The fraction of sp³-hybridized carbons (Fsp3) is 0.263. The lowest BCUT2D eigenvalue weighted by Crippen LogP contribution is -2.44. The average molecular weight is 325 g/mol. The number of nitrogens with one attached hydrogen (secondary N) is 3. The average Bonchev–Trinajstić information content (AvgIpc) is 2.63. The molecule has 0 fully saturated rings. The molecule has 0 saturated heterocycles. The number of carbonyl (C=O) groups excluding carboxylic acids is 2. The van der Waals surface area contributed by atoms with Gasteiger partial charge in [-0.3, -0.25) is 10.1 Å². The molecule has 0 aliphatic rings. The maximum atomic E-state index is 12.3. The van der Waals surface area contributed by atoms with E-state index in [1.54, 1.807) is 0 Å². The Bertz CT molecular complexity index is 644. The third-order valence-electron chi connectivity index (χ3n) is 3.69. The van der Waals surface area contributed by atoms with Crippen LogP contribution in [0.1, 0.15) is 23.6 Å². The maximum absolute atomic E-state index is 12.3. The van der Waals surface area contributed by atoms with Crippen molar-refractivity contribution >= 4 is 11.9 Å². The predicted molar refractivity (Wildman–Crippen MR) is 94.5 cm³/mol. The predicted octanol–water partition coefficient (Wildman–Crippen LogP) is 2.41. The van der Waals surface area contributed by atoms with Crippen molar-refractivity contribution in [3.05, 3.63) is 71.8 Å². The number of carbonyl (C=O) groups is 2. The summed E-state index contributed by atoms with van der Waals surface area (Å²) in [6, 6.07) is 18.5. The Labute approximate surface area is 142 Å². The molecule has 5 heteroatoms. The number of amides is 3. The first-order chi connectivity index (χ1) is 11.7. The summed E-state index contributed by atoms with van der Waals surface area (Å²) in [6.07, 6.45) is 1.84. The molecule has 2 rings (SSSR count). The van der Waals surface area contributed by atoms with Gasteiger partial charge in [0.1, 0.15) is 6.04 Å². The highest BCUT2D eigenvalue weighted by Gasteiger charge is 2.21. The Balaban J connectivity index is 1.93. The molecule has 0 radical (unpaired) electrons. The number of hydrogen-bond donors (Lipinski definition) is 3. The SMILES string of the molecule is CNC(=O)NC(=O)[C@H](NCCCc1ccccc1)c1ccccc1. The Kier molecular flexibility index (Phi) is 6.98. The first kappa shape index (κ1) is 17.7. The summed E-state index contributed by atoms with van der Waals surface area (Å²) in [5.41, 5.74) is 2.10. The van der Waals surface area contributed by atoms with E-state index in [2.05, 4.69) is 28.1 Å². The highest BCUT2D eigenvalue weighted by Crippen LogP contribution is 2.13. The minimum atomic E-state index is -0.556. The van der Waals surface area contributed by atoms with Crippen LogP contribution in [-0.4, -0.2) is 25.5 Å². The van der Waals surface area contributed by atoms with Gasteiger partial charge in [-0.1, -0.05) is 60.7 Å². The summed E-state index contributed by atoms with van der Waals surface area (Å²) < 4.78 is 0. The van der Waals surface area contributed by atoms with Crippen molar-refractivity contribution in [1.29, 1.82) is 0 Å². The zero-order valence-corrected chi connectivity index (χ0v) is 13.8. The van der Waals surface area contributed by atoms with Gasteiger partial charge in [-0.25, -0.2) is 4.79 Å². The van der Waals surface area contributed by atoms with E-state index < -0.39 is 12.1 Å². The molecular weight excluding hydrogens is 302 g/mol. The molecule has 0 unspecified atom stereocenters. The van der Waals surface area contributed by atoms with Crippen molar-refractivity contribution in [3.63, 3.8) is 0 Å². The van der Waals surface area contributed by atoms with E-state index in [0.717, 1.165) is 18.4 Å². The first-order valence-electron chi connectivity index (χ1n) is 8.05. The van der Waals surface area contributed by atoms with Crippen LogP contribution < -0.4 is 16.0 Å². The summed E-state index contributed by atoms with van der Waals surface area (Å²) >= 11 is 0. The minimum Gasteiger partial charge on any atom is -0.341 e. The van der Waals surface area contributed by atoms with Crippen molar-refractivity contribution in [2.24, 2.45) is 0 Å². The van der Waals surface area contributed by atoms with Crippen LogP contribution in [0.4, 0.5) is 4.79 Å². The zero-order valence-electron chi connectivity index (χ0n) is 13.8. The summed E-state index contributed by atoms with van der Waals surface area (Å²) in [4.78, 5) is 23.7. The fourth-order valence-electron chi connectivity index (χ4n) is 2.44. The monoisotopic (exact) mass is 325 g/mol. The normalized spacial score (nSPS) is 11.5. The Morgan fingerprint density at radius 3 is 2.21 bits per heavy atom. The van der Waals surface area contributed by atoms with Crippen LogP contribution in [0.2, 0.25) is 0 Å². The third-order valence-corrected chi connectivity index (χ3v) is 3.69. The number of rotatable bonds is 7. The van der Waals surface area contributed by atoms with Crippen LogP contribution in [0, 0.1) is 0 Å². The van der Waals surface area contributed by atoms with Crippen molar-refractivity contribution in [2.75, 3.05) is 13.6 Å². The van der Waals surface area contributed by atoms with Crippen LogP contribution in [-0.2, 0) is 11.2 Å². The Morgan fingerprint density at radius 1 is 0.958 bits per heavy atom. The number of aryl methyl sites for hydroxylation is 1. The summed E-state index contributed by atoms with van der Waals surface area (Å²) in [5.74, 6) is -0.361. The van der Waals surface area contributed by atoms with E-state index in [4.69, 9.17) is 0 Å². The molecule has 3 N–H and O–H groups in total. The number of hydrogen-bond acceptors (Lipinski definition) is 3. The third kappa shape index (κ3) is 5.52. The number of urea groups is 1. The van der Waals surface area contributed by atoms with Crippen LogP contribution in [0.5, 0.6) is 0 Å². The molecule has 5 nitrogen and oxygen atoms in total. The summed E-state index contributed by atoms with van der Waals surface area (Å²) in [5, 5.41) is 7.97. The molecule has 3 amide bonds. The van der Waals surface area contributed by atoms with Crippen molar-refractivity contribution < 1.29 is 9.59 Å². The van der Waals surface area contributed by atoms with Crippen LogP contribution in [0.15, 0.2) is 60.7 Å². The van der Waals surface area contributed by atoms with Crippen LogP contribution in [0.3, 0.4) is 0 Å². The molecular formula is C19H23N3O2. The molecule has 0 aliphatic carbocycles. The Hall–Kier alpha value is -2.66. The van der Waals surface area contributed by atoms with Gasteiger partial charge in [0, 0.05) is 7.05 Å². The molecule has 0 bridgehead atoms. The van der Waals surface area contributed by atoms with E-state index in [9.17, 15) is 9.59 Å². The molecule has 0 aromatic heterocycles. The van der Waals surface area contributed by atoms with E-state index in [-0.39, 0.29) is 5.91 Å². The highest BCUT2D eigenvalue weighted by atomic mass is 16.2. The molecule has 0 saturated carbocycles. The van der Waals surface area contributed by atoms with Gasteiger partial charge in [0.25, 0.3) is 0 Å². The quantitative estimate of drug-likeness (QED) is 0.685. The highest BCUT2D eigenvalue weighted by molar-refractivity contribution is 5.97. The topological polar surface area (TPSA) is 70.2 Å². The second kappa shape index (κ2) is 9.47. The lowest BCUT2D eigenvalue weighted by molar-refractivity contribution is -0.122. The van der Waals surface area contributed by atoms with Gasteiger partial charge in [-0.2, -0.15) is 0 Å². The molecule has 0 heterocycles.